The average Bonchev–Trinajstić information content (AvgIpc) is 2.92. The van der Waals surface area contributed by atoms with Crippen LogP contribution >= 0.6 is 27.3 Å². The monoisotopic (exact) mass is 391 g/mol. The molecule has 0 saturated heterocycles. The van der Waals surface area contributed by atoms with Gasteiger partial charge in [-0.1, -0.05) is 35.0 Å². The molecule has 0 saturated carbocycles. The van der Waals surface area contributed by atoms with Crippen molar-refractivity contribution in [1.82, 2.24) is 9.97 Å². The van der Waals surface area contributed by atoms with Crippen LogP contribution in [0.25, 0.3) is 21.3 Å². The molecule has 0 radical (unpaired) electrons. The molecule has 2 aromatic heterocycles. The maximum atomic E-state index is 9.55. The van der Waals surface area contributed by atoms with Crippen molar-refractivity contribution in [2.45, 2.75) is 26.4 Å². The highest BCUT2D eigenvalue weighted by molar-refractivity contribution is 9.10. The molecular formula is C17H18BrN3OS. The average molecular weight is 392 g/mol. The summed E-state index contributed by atoms with van der Waals surface area (Å²) in [5.41, 5.74) is 2.35. The van der Waals surface area contributed by atoms with Gasteiger partial charge in [0.15, 0.2) is 0 Å². The Balaban J connectivity index is 2.19. The standard InChI is InChI=1S/C17H18BrN3OS/c1-3-13-14(11-4-6-12(18)7-5-11)15-16(19-8-10(2)22)20-9-21-17(15)23-13/h4-7,9-10,22H,3,8H2,1-2H3,(H,19,20,21). The molecule has 1 unspecified atom stereocenters. The van der Waals surface area contributed by atoms with Crippen molar-refractivity contribution in [2.75, 3.05) is 11.9 Å². The van der Waals surface area contributed by atoms with Gasteiger partial charge in [0.25, 0.3) is 0 Å². The predicted octanol–water partition coefficient (Wildman–Crippen LogP) is 4.48. The van der Waals surface area contributed by atoms with Crippen LogP contribution in [0.4, 0.5) is 5.82 Å². The molecule has 0 aliphatic rings. The fraction of sp³-hybridized carbons (Fsp3) is 0.294. The second-order valence-corrected chi connectivity index (χ2v) is 7.39. The number of aliphatic hydroxyl groups excluding tert-OH is 1. The van der Waals surface area contributed by atoms with Gasteiger partial charge in [0.2, 0.25) is 0 Å². The Bertz CT molecular complexity index is 815. The third-order valence-electron chi connectivity index (χ3n) is 3.58. The number of hydrogen-bond acceptors (Lipinski definition) is 5. The van der Waals surface area contributed by atoms with E-state index in [1.807, 2.05) is 12.1 Å². The van der Waals surface area contributed by atoms with Crippen LogP contribution in [0.2, 0.25) is 0 Å². The van der Waals surface area contributed by atoms with E-state index < -0.39 is 6.10 Å². The number of aliphatic hydroxyl groups is 1. The predicted molar refractivity (Wildman–Crippen MR) is 100 cm³/mol. The lowest BCUT2D eigenvalue weighted by Crippen LogP contribution is -2.16. The molecule has 0 aliphatic heterocycles. The number of aromatic nitrogens is 2. The second-order valence-electron chi connectivity index (χ2n) is 5.39. The van der Waals surface area contributed by atoms with Crippen molar-refractivity contribution < 1.29 is 5.11 Å². The molecule has 0 bridgehead atoms. The molecular weight excluding hydrogens is 374 g/mol. The van der Waals surface area contributed by atoms with Gasteiger partial charge in [-0.15, -0.1) is 11.3 Å². The van der Waals surface area contributed by atoms with E-state index in [9.17, 15) is 5.11 Å². The maximum Gasteiger partial charge on any atom is 0.138 e. The summed E-state index contributed by atoms with van der Waals surface area (Å²) in [6.45, 7) is 4.37. The van der Waals surface area contributed by atoms with Gasteiger partial charge < -0.3 is 10.4 Å². The maximum absolute atomic E-state index is 9.55. The lowest BCUT2D eigenvalue weighted by atomic mass is 10.0. The number of thiophene rings is 1. The van der Waals surface area contributed by atoms with E-state index in [0.29, 0.717) is 6.54 Å². The van der Waals surface area contributed by atoms with Crippen LogP contribution in [-0.2, 0) is 6.42 Å². The quantitative estimate of drug-likeness (QED) is 0.673. The van der Waals surface area contributed by atoms with Crippen molar-refractivity contribution in [2.24, 2.45) is 0 Å². The highest BCUT2D eigenvalue weighted by atomic mass is 79.9. The zero-order valence-corrected chi connectivity index (χ0v) is 15.4. The Labute approximate surface area is 147 Å². The summed E-state index contributed by atoms with van der Waals surface area (Å²) in [5, 5.41) is 13.8. The van der Waals surface area contributed by atoms with Crippen LogP contribution in [0.1, 0.15) is 18.7 Å². The zero-order chi connectivity index (χ0) is 16.4. The van der Waals surface area contributed by atoms with Crippen molar-refractivity contribution in [3.63, 3.8) is 0 Å². The number of hydrogen-bond donors (Lipinski definition) is 2. The smallest absolute Gasteiger partial charge is 0.138 e. The lowest BCUT2D eigenvalue weighted by Gasteiger charge is -2.10. The molecule has 2 heterocycles. The number of aryl methyl sites for hydroxylation is 1. The van der Waals surface area contributed by atoms with Crippen LogP contribution in [0.15, 0.2) is 35.1 Å². The molecule has 0 aliphatic carbocycles. The molecule has 1 aromatic carbocycles. The molecule has 3 aromatic rings. The van der Waals surface area contributed by atoms with E-state index >= 15 is 0 Å². The van der Waals surface area contributed by atoms with Gasteiger partial charge in [-0.3, -0.25) is 0 Å². The van der Waals surface area contributed by atoms with Crippen LogP contribution in [0.3, 0.4) is 0 Å². The SMILES string of the molecule is CCc1sc2ncnc(NCC(C)O)c2c1-c1ccc(Br)cc1. The largest absolute Gasteiger partial charge is 0.392 e. The van der Waals surface area contributed by atoms with Crippen molar-refractivity contribution in [3.05, 3.63) is 39.9 Å². The summed E-state index contributed by atoms with van der Waals surface area (Å²) in [4.78, 5) is 11.1. The summed E-state index contributed by atoms with van der Waals surface area (Å²) >= 11 is 5.19. The first-order chi connectivity index (χ1) is 11.1. The first kappa shape index (κ1) is 16.4. The normalized spacial score (nSPS) is 12.5. The summed E-state index contributed by atoms with van der Waals surface area (Å²) in [7, 11) is 0. The summed E-state index contributed by atoms with van der Waals surface area (Å²) in [5.74, 6) is 0.782. The van der Waals surface area contributed by atoms with Crippen LogP contribution in [-0.4, -0.2) is 27.7 Å². The minimum atomic E-state index is -0.430. The van der Waals surface area contributed by atoms with Crippen molar-refractivity contribution in [1.29, 1.82) is 0 Å². The first-order valence-electron chi connectivity index (χ1n) is 7.54. The van der Waals surface area contributed by atoms with Gasteiger partial charge in [-0.25, -0.2) is 9.97 Å². The first-order valence-corrected chi connectivity index (χ1v) is 9.15. The Morgan fingerprint density at radius 3 is 2.65 bits per heavy atom. The molecule has 0 amide bonds. The van der Waals surface area contributed by atoms with Crippen molar-refractivity contribution in [3.8, 4) is 11.1 Å². The van der Waals surface area contributed by atoms with Gasteiger partial charge in [-0.05, 0) is 31.0 Å². The molecule has 23 heavy (non-hydrogen) atoms. The van der Waals surface area contributed by atoms with E-state index in [4.69, 9.17) is 0 Å². The van der Waals surface area contributed by atoms with E-state index in [1.165, 1.54) is 10.4 Å². The highest BCUT2D eigenvalue weighted by Gasteiger charge is 2.18. The number of benzene rings is 1. The molecule has 6 heteroatoms. The molecule has 2 N–H and O–H groups in total. The zero-order valence-electron chi connectivity index (χ0n) is 13.0. The Morgan fingerprint density at radius 1 is 1.26 bits per heavy atom. The molecule has 1 atom stereocenters. The minimum absolute atomic E-state index is 0.430. The van der Waals surface area contributed by atoms with E-state index in [2.05, 4.69) is 50.3 Å². The highest BCUT2D eigenvalue weighted by Crippen LogP contribution is 2.41. The number of nitrogens with zero attached hydrogens (tertiary/aromatic N) is 2. The minimum Gasteiger partial charge on any atom is -0.392 e. The topological polar surface area (TPSA) is 58.0 Å². The Morgan fingerprint density at radius 2 is 2.00 bits per heavy atom. The second kappa shape index (κ2) is 6.95. The fourth-order valence-corrected chi connectivity index (χ4v) is 3.89. The van der Waals surface area contributed by atoms with Gasteiger partial charge in [0.05, 0.1) is 11.5 Å². The van der Waals surface area contributed by atoms with Crippen molar-refractivity contribution >= 4 is 43.3 Å². The molecule has 0 fully saturated rings. The Kier molecular flexibility index (Phi) is 4.94. The van der Waals surface area contributed by atoms with Gasteiger partial charge in [0, 0.05) is 21.5 Å². The van der Waals surface area contributed by atoms with E-state index in [0.717, 1.165) is 32.5 Å². The molecule has 4 nitrogen and oxygen atoms in total. The summed E-state index contributed by atoms with van der Waals surface area (Å²) < 4.78 is 1.06. The third kappa shape index (κ3) is 3.39. The number of fused-ring (bicyclic) bond motifs is 1. The van der Waals surface area contributed by atoms with Crippen LogP contribution in [0.5, 0.6) is 0 Å². The van der Waals surface area contributed by atoms with Gasteiger partial charge in [0.1, 0.15) is 17.0 Å². The van der Waals surface area contributed by atoms with E-state index in [-0.39, 0.29) is 0 Å². The third-order valence-corrected chi connectivity index (χ3v) is 5.35. The van der Waals surface area contributed by atoms with Gasteiger partial charge >= 0.3 is 0 Å². The van der Waals surface area contributed by atoms with Gasteiger partial charge in [-0.2, -0.15) is 0 Å². The molecule has 3 rings (SSSR count). The van der Waals surface area contributed by atoms with E-state index in [1.54, 1.807) is 24.6 Å². The Hall–Kier alpha value is -1.50. The fourth-order valence-electron chi connectivity index (χ4n) is 2.53. The van der Waals surface area contributed by atoms with Crippen LogP contribution in [0, 0.1) is 0 Å². The molecule has 120 valence electrons. The summed E-state index contributed by atoms with van der Waals surface area (Å²) in [6, 6.07) is 8.31. The number of anilines is 1. The van der Waals surface area contributed by atoms with Crippen LogP contribution < -0.4 is 5.32 Å². The lowest BCUT2D eigenvalue weighted by molar-refractivity contribution is 0.208. The number of halogens is 1. The number of nitrogens with one attached hydrogen (secondary N) is 1. The summed E-state index contributed by atoms with van der Waals surface area (Å²) in [6.07, 6.45) is 2.09. The number of rotatable bonds is 5. The molecule has 0 spiro atoms.